The zero-order valence-electron chi connectivity index (χ0n) is 23.4. The van der Waals surface area contributed by atoms with Crippen LogP contribution in [0.3, 0.4) is 0 Å². The van der Waals surface area contributed by atoms with Crippen LogP contribution in [0.5, 0.6) is 0 Å². The highest BCUT2D eigenvalue weighted by molar-refractivity contribution is 5.82. The van der Waals surface area contributed by atoms with Crippen molar-refractivity contribution in [2.75, 3.05) is 37.6 Å². The van der Waals surface area contributed by atoms with Gasteiger partial charge in [-0.15, -0.1) is 0 Å². The Balaban J connectivity index is 1.96. The fourth-order valence-electron chi connectivity index (χ4n) is 4.94. The van der Waals surface area contributed by atoms with Crippen molar-refractivity contribution in [3.63, 3.8) is 0 Å². The number of nitriles is 1. The number of pyridine rings is 1. The van der Waals surface area contributed by atoms with Crippen LogP contribution in [0.1, 0.15) is 63.9 Å². The molecule has 7 nitrogen and oxygen atoms in total. The molecule has 1 aromatic carbocycles. The van der Waals surface area contributed by atoms with Crippen LogP contribution >= 0.6 is 0 Å². The molecule has 1 saturated heterocycles. The van der Waals surface area contributed by atoms with Crippen LogP contribution in [-0.2, 0) is 11.0 Å². The molecule has 1 aliphatic heterocycles. The lowest BCUT2D eigenvalue weighted by Gasteiger charge is -2.43. The molecule has 212 valence electrons. The second-order valence-corrected chi connectivity index (χ2v) is 11.5. The van der Waals surface area contributed by atoms with Gasteiger partial charge < -0.3 is 15.5 Å². The summed E-state index contributed by atoms with van der Waals surface area (Å²) in [5.41, 5.74) is 7.31. The van der Waals surface area contributed by atoms with E-state index in [9.17, 15) is 23.2 Å². The van der Waals surface area contributed by atoms with Gasteiger partial charge in [0.05, 0.1) is 23.4 Å². The quantitative estimate of drug-likeness (QED) is 0.479. The van der Waals surface area contributed by atoms with E-state index in [4.69, 9.17) is 5.73 Å². The molecule has 1 aliphatic rings. The molecular weight excluding hydrogens is 505 g/mol. The first kappa shape index (κ1) is 30.4. The molecule has 0 spiro atoms. The van der Waals surface area contributed by atoms with Gasteiger partial charge in [0.2, 0.25) is 5.91 Å². The van der Waals surface area contributed by atoms with Gasteiger partial charge in [-0.2, -0.15) is 18.4 Å². The second-order valence-electron chi connectivity index (χ2n) is 11.5. The van der Waals surface area contributed by atoms with Crippen molar-refractivity contribution in [3.05, 3.63) is 59.4 Å². The summed E-state index contributed by atoms with van der Waals surface area (Å²) in [5, 5.41) is 9.57. The van der Waals surface area contributed by atoms with Gasteiger partial charge in [-0.05, 0) is 62.9 Å². The molecule has 0 bridgehead atoms. The number of carbonyl (C=O) groups excluding carboxylic acids is 1. The van der Waals surface area contributed by atoms with E-state index in [1.54, 1.807) is 0 Å². The van der Waals surface area contributed by atoms with Crippen LogP contribution in [0.4, 0.5) is 18.9 Å². The summed E-state index contributed by atoms with van der Waals surface area (Å²) in [6, 6.07) is 10.1. The van der Waals surface area contributed by atoms with Crippen molar-refractivity contribution >= 4 is 11.6 Å². The molecule has 1 aromatic heterocycles. The third-order valence-electron chi connectivity index (χ3n) is 7.07. The minimum Gasteiger partial charge on any atom is -0.369 e. The molecular formula is C29H39F3N6O. The number of aromatic nitrogens is 1. The van der Waals surface area contributed by atoms with E-state index < -0.39 is 29.7 Å². The van der Waals surface area contributed by atoms with Crippen molar-refractivity contribution in [2.45, 2.75) is 64.8 Å². The van der Waals surface area contributed by atoms with Crippen molar-refractivity contribution in [1.29, 1.82) is 5.26 Å². The first-order valence-corrected chi connectivity index (χ1v) is 13.3. The van der Waals surface area contributed by atoms with E-state index in [2.05, 4.69) is 35.6 Å². The zero-order valence-corrected chi connectivity index (χ0v) is 23.4. The molecule has 1 amide bonds. The lowest BCUT2D eigenvalue weighted by atomic mass is 9.97. The smallest absolute Gasteiger partial charge is 0.369 e. The molecule has 2 N–H and O–H groups in total. The van der Waals surface area contributed by atoms with Crippen LogP contribution in [0.15, 0.2) is 42.6 Å². The largest absolute Gasteiger partial charge is 0.417 e. The number of nitrogens with zero attached hydrogens (tertiary/aromatic N) is 5. The number of nitrogens with two attached hydrogens (primary N) is 1. The van der Waals surface area contributed by atoms with Crippen LogP contribution in [-0.4, -0.2) is 65.0 Å². The van der Waals surface area contributed by atoms with E-state index in [1.165, 1.54) is 11.0 Å². The standard InChI is InChI=1S/C29H39F3N6O/c1-20(2)18-24(34)27(39)38(13-12-33)26(25-11-8-22(19-35-25)29(30,31)32)21-6-9-23(10-7-21)36-14-16-37(17-15-36)28(3,4)5/h6-11,19-20,24,26H,13-18,34H2,1-5H3/t24-,26?/m0/s1. The number of hydrogen-bond acceptors (Lipinski definition) is 6. The van der Waals surface area contributed by atoms with E-state index >= 15 is 0 Å². The minimum absolute atomic E-state index is 0.102. The number of piperazine rings is 1. The summed E-state index contributed by atoms with van der Waals surface area (Å²) < 4.78 is 39.7. The van der Waals surface area contributed by atoms with Gasteiger partial charge in [0, 0.05) is 43.6 Å². The van der Waals surface area contributed by atoms with Gasteiger partial charge in [-0.25, -0.2) is 0 Å². The Bertz CT molecular complexity index is 1130. The summed E-state index contributed by atoms with van der Waals surface area (Å²) in [5.74, 6) is -0.298. The lowest BCUT2D eigenvalue weighted by molar-refractivity contribution is -0.138. The highest BCUT2D eigenvalue weighted by Gasteiger charge is 2.34. The molecule has 2 heterocycles. The Labute approximate surface area is 229 Å². The Morgan fingerprint density at radius 2 is 1.69 bits per heavy atom. The lowest BCUT2D eigenvalue weighted by Crippen LogP contribution is -2.53. The first-order chi connectivity index (χ1) is 18.2. The normalized spacial score (nSPS) is 16.6. The van der Waals surface area contributed by atoms with Crippen LogP contribution in [0, 0.1) is 17.2 Å². The monoisotopic (exact) mass is 544 g/mol. The average molecular weight is 545 g/mol. The average Bonchev–Trinajstić information content (AvgIpc) is 2.87. The summed E-state index contributed by atoms with van der Waals surface area (Å²) in [6.45, 7) is 13.8. The summed E-state index contributed by atoms with van der Waals surface area (Å²) >= 11 is 0. The number of halogens is 3. The number of anilines is 1. The van der Waals surface area contributed by atoms with E-state index in [0.29, 0.717) is 12.0 Å². The fraction of sp³-hybridized carbons (Fsp3) is 0.552. The topological polar surface area (TPSA) is 89.5 Å². The third kappa shape index (κ3) is 7.70. The second kappa shape index (κ2) is 12.3. The molecule has 39 heavy (non-hydrogen) atoms. The van der Waals surface area contributed by atoms with E-state index in [0.717, 1.165) is 44.1 Å². The molecule has 0 saturated carbocycles. The number of rotatable bonds is 8. The summed E-state index contributed by atoms with van der Waals surface area (Å²) in [6.07, 6.45) is -3.37. The van der Waals surface area contributed by atoms with Crippen LogP contribution in [0.2, 0.25) is 0 Å². The molecule has 10 heteroatoms. The van der Waals surface area contributed by atoms with Gasteiger partial charge in [0.1, 0.15) is 12.6 Å². The number of carbonyl (C=O) groups is 1. The van der Waals surface area contributed by atoms with Crippen molar-refractivity contribution < 1.29 is 18.0 Å². The van der Waals surface area contributed by atoms with Gasteiger partial charge >= 0.3 is 6.18 Å². The molecule has 1 fully saturated rings. The number of hydrogen-bond donors (Lipinski definition) is 1. The van der Waals surface area contributed by atoms with E-state index in [1.807, 2.05) is 44.2 Å². The van der Waals surface area contributed by atoms with Crippen molar-refractivity contribution in [2.24, 2.45) is 11.7 Å². The van der Waals surface area contributed by atoms with Gasteiger partial charge in [-0.1, -0.05) is 26.0 Å². The Morgan fingerprint density at radius 3 is 2.15 bits per heavy atom. The first-order valence-electron chi connectivity index (χ1n) is 13.3. The summed E-state index contributed by atoms with van der Waals surface area (Å²) in [4.78, 5) is 23.6. The third-order valence-corrected chi connectivity index (χ3v) is 7.07. The Hall–Kier alpha value is -3.16. The highest BCUT2D eigenvalue weighted by atomic mass is 19.4. The number of amides is 1. The van der Waals surface area contributed by atoms with Crippen molar-refractivity contribution in [1.82, 2.24) is 14.8 Å². The molecule has 1 unspecified atom stereocenters. The predicted molar refractivity (Wildman–Crippen MR) is 146 cm³/mol. The number of benzene rings is 1. The molecule has 3 rings (SSSR count). The highest BCUT2D eigenvalue weighted by Crippen LogP contribution is 2.33. The van der Waals surface area contributed by atoms with Gasteiger partial charge in [0.25, 0.3) is 0 Å². The molecule has 2 aromatic rings. The van der Waals surface area contributed by atoms with Crippen molar-refractivity contribution in [3.8, 4) is 6.07 Å². The fourth-order valence-corrected chi connectivity index (χ4v) is 4.94. The Kier molecular flexibility index (Phi) is 9.62. The molecule has 0 radical (unpaired) electrons. The van der Waals surface area contributed by atoms with Crippen LogP contribution in [0.25, 0.3) is 0 Å². The van der Waals surface area contributed by atoms with Gasteiger partial charge in [0.15, 0.2) is 0 Å². The molecule has 2 atom stereocenters. The zero-order chi connectivity index (χ0) is 29.0. The minimum atomic E-state index is -4.54. The maximum Gasteiger partial charge on any atom is 0.417 e. The summed E-state index contributed by atoms with van der Waals surface area (Å²) in [7, 11) is 0. The predicted octanol–water partition coefficient (Wildman–Crippen LogP) is 4.84. The maximum absolute atomic E-state index is 13.4. The number of alkyl halides is 3. The van der Waals surface area contributed by atoms with Gasteiger partial charge in [-0.3, -0.25) is 14.7 Å². The molecule has 0 aliphatic carbocycles. The van der Waals surface area contributed by atoms with Crippen LogP contribution < -0.4 is 10.6 Å². The van der Waals surface area contributed by atoms with E-state index in [-0.39, 0.29) is 23.7 Å². The SMILES string of the molecule is CC(C)C[C@H](N)C(=O)N(CC#N)C(c1ccc(N2CCN(C(C)(C)C)CC2)cc1)c1ccc(C(F)(F)F)cn1. The Morgan fingerprint density at radius 1 is 1.08 bits per heavy atom. The maximum atomic E-state index is 13.4.